The molecule has 0 radical (unpaired) electrons. The minimum atomic E-state index is -0.116. The van der Waals surface area contributed by atoms with Crippen molar-refractivity contribution in [3.63, 3.8) is 0 Å². The van der Waals surface area contributed by atoms with Gasteiger partial charge in [0.25, 0.3) is 0 Å². The Morgan fingerprint density at radius 2 is 1.72 bits per heavy atom. The molecule has 1 unspecified atom stereocenters. The fraction of sp³-hybridized carbons (Fsp3) is 0.115. The van der Waals surface area contributed by atoms with E-state index >= 15 is 0 Å². The molecule has 1 amide bonds. The van der Waals surface area contributed by atoms with Crippen molar-refractivity contribution >= 4 is 16.8 Å². The highest BCUT2D eigenvalue weighted by atomic mass is 16.2. The number of rotatable bonds is 6. The number of para-hydroxylation sites is 1. The van der Waals surface area contributed by atoms with Crippen LogP contribution in [0.4, 0.5) is 0 Å². The predicted molar refractivity (Wildman–Crippen MR) is 125 cm³/mol. The molecular weight excluding hydrogens is 398 g/mol. The van der Waals surface area contributed by atoms with Gasteiger partial charge >= 0.3 is 0 Å². The SMILES string of the molecule is CC(NC(=O)Cn1c(-c2ccccc2)cc2ccccc21)c1ccc(-n2cncn2)cc1. The van der Waals surface area contributed by atoms with Crippen LogP contribution in [0, 0.1) is 0 Å². The third kappa shape index (κ3) is 3.90. The van der Waals surface area contributed by atoms with Crippen LogP contribution in [0.2, 0.25) is 0 Å². The van der Waals surface area contributed by atoms with Gasteiger partial charge in [0.1, 0.15) is 19.2 Å². The lowest BCUT2D eigenvalue weighted by Gasteiger charge is -2.17. The minimum absolute atomic E-state index is 0.0311. The molecule has 6 nitrogen and oxygen atoms in total. The van der Waals surface area contributed by atoms with Gasteiger partial charge in [-0.25, -0.2) is 9.67 Å². The topological polar surface area (TPSA) is 64.7 Å². The molecule has 0 saturated heterocycles. The second-order valence-corrected chi connectivity index (χ2v) is 7.76. The lowest BCUT2D eigenvalue weighted by atomic mass is 10.1. The van der Waals surface area contributed by atoms with Gasteiger partial charge in [0.05, 0.1) is 11.7 Å². The molecule has 158 valence electrons. The first kappa shape index (κ1) is 19.8. The van der Waals surface area contributed by atoms with E-state index in [1.807, 2.05) is 61.5 Å². The van der Waals surface area contributed by atoms with Gasteiger partial charge in [0.15, 0.2) is 0 Å². The third-order valence-electron chi connectivity index (χ3n) is 5.64. The number of amides is 1. The molecule has 32 heavy (non-hydrogen) atoms. The van der Waals surface area contributed by atoms with Crippen LogP contribution in [0.25, 0.3) is 27.8 Å². The smallest absolute Gasteiger partial charge is 0.240 e. The number of carbonyl (C=O) groups is 1. The summed E-state index contributed by atoms with van der Waals surface area (Å²) in [7, 11) is 0. The maximum Gasteiger partial charge on any atom is 0.240 e. The Balaban J connectivity index is 1.36. The Bertz CT molecular complexity index is 1340. The highest BCUT2D eigenvalue weighted by Crippen LogP contribution is 2.28. The fourth-order valence-electron chi connectivity index (χ4n) is 4.00. The van der Waals surface area contributed by atoms with Gasteiger partial charge in [-0.1, -0.05) is 60.7 Å². The molecule has 0 bridgehead atoms. The Morgan fingerprint density at radius 1 is 0.969 bits per heavy atom. The minimum Gasteiger partial charge on any atom is -0.348 e. The van der Waals surface area contributed by atoms with Crippen molar-refractivity contribution in [1.82, 2.24) is 24.6 Å². The number of fused-ring (bicyclic) bond motifs is 1. The first-order valence-corrected chi connectivity index (χ1v) is 10.6. The summed E-state index contributed by atoms with van der Waals surface area (Å²) in [5.74, 6) is -0.0311. The van der Waals surface area contributed by atoms with Gasteiger partial charge in [0, 0.05) is 16.6 Å². The standard InChI is InChI=1S/C26H23N5O/c1-19(20-11-13-23(14-12-20)31-18-27-17-28-31)29-26(32)16-30-24-10-6-5-9-22(24)15-25(30)21-7-3-2-4-8-21/h2-15,17-19H,16H2,1H3,(H,29,32). The van der Waals surface area contributed by atoms with E-state index in [-0.39, 0.29) is 18.5 Å². The second kappa shape index (κ2) is 8.51. The zero-order chi connectivity index (χ0) is 21.9. The van der Waals surface area contributed by atoms with Gasteiger partial charge in [0.2, 0.25) is 5.91 Å². The lowest BCUT2D eigenvalue weighted by Crippen LogP contribution is -2.30. The Labute approximate surface area is 186 Å². The molecule has 0 spiro atoms. The number of hydrogen-bond donors (Lipinski definition) is 1. The molecule has 3 aromatic carbocycles. The second-order valence-electron chi connectivity index (χ2n) is 7.76. The molecular formula is C26H23N5O. The average molecular weight is 422 g/mol. The summed E-state index contributed by atoms with van der Waals surface area (Å²) in [6.45, 7) is 2.24. The number of aromatic nitrogens is 4. The van der Waals surface area contributed by atoms with Gasteiger partial charge < -0.3 is 9.88 Å². The summed E-state index contributed by atoms with van der Waals surface area (Å²) in [5, 5.41) is 8.40. The quantitative estimate of drug-likeness (QED) is 0.430. The summed E-state index contributed by atoms with van der Waals surface area (Å²) in [6, 6.07) is 28.3. The van der Waals surface area contributed by atoms with Crippen molar-refractivity contribution in [1.29, 1.82) is 0 Å². The molecule has 0 fully saturated rings. The van der Waals surface area contributed by atoms with Crippen LogP contribution in [0.3, 0.4) is 0 Å². The third-order valence-corrected chi connectivity index (χ3v) is 5.64. The fourth-order valence-corrected chi connectivity index (χ4v) is 4.00. The van der Waals surface area contributed by atoms with Crippen LogP contribution in [0.5, 0.6) is 0 Å². The molecule has 0 saturated carbocycles. The number of hydrogen-bond acceptors (Lipinski definition) is 3. The first-order chi connectivity index (χ1) is 15.7. The highest BCUT2D eigenvalue weighted by Gasteiger charge is 2.15. The highest BCUT2D eigenvalue weighted by molar-refractivity contribution is 5.89. The Hall–Kier alpha value is -4.19. The summed E-state index contributed by atoms with van der Waals surface area (Å²) in [4.78, 5) is 17.0. The maximum absolute atomic E-state index is 13.0. The molecule has 0 aliphatic heterocycles. The summed E-state index contributed by atoms with van der Waals surface area (Å²) in [6.07, 6.45) is 3.16. The van der Waals surface area contributed by atoms with Crippen molar-refractivity contribution in [2.24, 2.45) is 0 Å². The molecule has 2 aromatic heterocycles. The van der Waals surface area contributed by atoms with Crippen molar-refractivity contribution in [2.75, 3.05) is 0 Å². The van der Waals surface area contributed by atoms with Crippen LogP contribution in [0.15, 0.2) is 97.6 Å². The van der Waals surface area contributed by atoms with Crippen LogP contribution < -0.4 is 5.32 Å². The van der Waals surface area contributed by atoms with Gasteiger partial charge in [-0.2, -0.15) is 5.10 Å². The molecule has 1 atom stereocenters. The van der Waals surface area contributed by atoms with E-state index in [1.165, 1.54) is 6.33 Å². The van der Waals surface area contributed by atoms with Crippen molar-refractivity contribution < 1.29 is 4.79 Å². The Kier molecular flexibility index (Phi) is 5.25. The van der Waals surface area contributed by atoms with Crippen LogP contribution in [-0.4, -0.2) is 25.2 Å². The summed E-state index contributed by atoms with van der Waals surface area (Å²) >= 11 is 0. The molecule has 5 aromatic rings. The zero-order valence-corrected chi connectivity index (χ0v) is 17.7. The van der Waals surface area contributed by atoms with E-state index in [0.29, 0.717) is 0 Å². The van der Waals surface area contributed by atoms with Crippen LogP contribution in [0.1, 0.15) is 18.5 Å². The normalized spacial score (nSPS) is 12.0. The van der Waals surface area contributed by atoms with Crippen molar-refractivity contribution in [3.8, 4) is 16.9 Å². The van der Waals surface area contributed by atoms with E-state index in [9.17, 15) is 4.79 Å². The Morgan fingerprint density at radius 3 is 2.47 bits per heavy atom. The van der Waals surface area contributed by atoms with E-state index in [1.54, 1.807) is 11.0 Å². The summed E-state index contributed by atoms with van der Waals surface area (Å²) < 4.78 is 3.79. The van der Waals surface area contributed by atoms with Gasteiger partial charge in [-0.05, 0) is 42.3 Å². The van der Waals surface area contributed by atoms with E-state index < -0.39 is 0 Å². The van der Waals surface area contributed by atoms with Crippen molar-refractivity contribution in [3.05, 3.63) is 103 Å². The zero-order valence-electron chi connectivity index (χ0n) is 17.7. The molecule has 0 aliphatic rings. The number of nitrogens with one attached hydrogen (secondary N) is 1. The largest absolute Gasteiger partial charge is 0.348 e. The number of benzene rings is 3. The predicted octanol–water partition coefficient (Wildman–Crippen LogP) is 4.77. The maximum atomic E-state index is 13.0. The van der Waals surface area contributed by atoms with Crippen LogP contribution in [-0.2, 0) is 11.3 Å². The van der Waals surface area contributed by atoms with E-state index in [2.05, 4.69) is 50.3 Å². The van der Waals surface area contributed by atoms with E-state index in [4.69, 9.17) is 0 Å². The number of nitrogens with zero attached hydrogens (tertiary/aromatic N) is 4. The molecule has 0 aliphatic carbocycles. The average Bonchev–Trinajstić information content (AvgIpc) is 3.49. The lowest BCUT2D eigenvalue weighted by molar-refractivity contribution is -0.122. The van der Waals surface area contributed by atoms with Crippen LogP contribution >= 0.6 is 0 Å². The van der Waals surface area contributed by atoms with Crippen molar-refractivity contribution in [2.45, 2.75) is 19.5 Å². The monoisotopic (exact) mass is 421 g/mol. The molecule has 5 rings (SSSR count). The molecule has 1 N–H and O–H groups in total. The van der Waals surface area contributed by atoms with Gasteiger partial charge in [-0.15, -0.1) is 0 Å². The van der Waals surface area contributed by atoms with E-state index in [0.717, 1.165) is 33.4 Å². The van der Waals surface area contributed by atoms with Gasteiger partial charge in [-0.3, -0.25) is 4.79 Å². The molecule has 6 heteroatoms. The first-order valence-electron chi connectivity index (χ1n) is 10.6. The number of carbonyl (C=O) groups excluding carboxylic acids is 1. The summed E-state index contributed by atoms with van der Waals surface area (Å²) in [5.41, 5.74) is 5.13. The molecule has 2 heterocycles.